The quantitative estimate of drug-likeness (QED) is 0.657. The molecule has 0 spiro atoms. The zero-order valence-electron chi connectivity index (χ0n) is 15.2. The molecular formula is C19H23ClN2O4S. The standard InChI is InChI=1S/C19H23ClN2O4S/c1-25-13-14-26-18-5-7-19(8-6-18)27(23,24)22-11-9-21(10-12-22)17-4-2-3-16(20)15-17/h2-8,15H,9-14H2,1H3. The molecule has 2 aromatic carbocycles. The van der Waals surface area contributed by atoms with Gasteiger partial charge in [-0.15, -0.1) is 0 Å². The molecule has 1 saturated heterocycles. The first-order valence-corrected chi connectivity index (χ1v) is 10.5. The number of benzene rings is 2. The Hall–Kier alpha value is -1.80. The van der Waals surface area contributed by atoms with Crippen LogP contribution >= 0.6 is 11.6 Å². The summed E-state index contributed by atoms with van der Waals surface area (Å²) in [5.41, 5.74) is 1.01. The van der Waals surface area contributed by atoms with E-state index in [9.17, 15) is 8.42 Å². The molecule has 1 aliphatic heterocycles. The van der Waals surface area contributed by atoms with Crippen LogP contribution in [-0.4, -0.2) is 59.2 Å². The third-order valence-corrected chi connectivity index (χ3v) is 6.58. The monoisotopic (exact) mass is 410 g/mol. The molecule has 1 heterocycles. The van der Waals surface area contributed by atoms with Gasteiger partial charge in [-0.3, -0.25) is 0 Å². The van der Waals surface area contributed by atoms with Gasteiger partial charge in [0.25, 0.3) is 0 Å². The van der Waals surface area contributed by atoms with Gasteiger partial charge in [-0.05, 0) is 42.5 Å². The molecule has 0 atom stereocenters. The zero-order valence-corrected chi connectivity index (χ0v) is 16.7. The van der Waals surface area contributed by atoms with Crippen LogP contribution in [-0.2, 0) is 14.8 Å². The van der Waals surface area contributed by atoms with Gasteiger partial charge < -0.3 is 14.4 Å². The van der Waals surface area contributed by atoms with Crippen LogP contribution in [0.4, 0.5) is 5.69 Å². The molecule has 2 aromatic rings. The number of hydrogen-bond acceptors (Lipinski definition) is 5. The summed E-state index contributed by atoms with van der Waals surface area (Å²) in [4.78, 5) is 2.42. The van der Waals surface area contributed by atoms with Crippen LogP contribution < -0.4 is 9.64 Å². The van der Waals surface area contributed by atoms with Crippen molar-refractivity contribution >= 4 is 27.3 Å². The highest BCUT2D eigenvalue weighted by Gasteiger charge is 2.28. The van der Waals surface area contributed by atoms with E-state index in [4.69, 9.17) is 21.1 Å². The van der Waals surface area contributed by atoms with E-state index in [2.05, 4.69) is 4.90 Å². The number of nitrogens with zero attached hydrogens (tertiary/aromatic N) is 2. The van der Waals surface area contributed by atoms with Gasteiger partial charge in [-0.1, -0.05) is 17.7 Å². The van der Waals surface area contributed by atoms with Gasteiger partial charge in [-0.25, -0.2) is 8.42 Å². The maximum atomic E-state index is 12.9. The molecule has 0 aliphatic carbocycles. The number of anilines is 1. The number of rotatable bonds is 7. The van der Waals surface area contributed by atoms with Crippen molar-refractivity contribution in [3.63, 3.8) is 0 Å². The second-order valence-corrected chi connectivity index (χ2v) is 8.56. The van der Waals surface area contributed by atoms with Crippen LogP contribution in [0.2, 0.25) is 5.02 Å². The van der Waals surface area contributed by atoms with Crippen molar-refractivity contribution in [2.45, 2.75) is 4.90 Å². The van der Waals surface area contributed by atoms with Crippen LogP contribution in [0.1, 0.15) is 0 Å². The lowest BCUT2D eigenvalue weighted by atomic mass is 10.2. The Kier molecular flexibility index (Phi) is 6.59. The molecule has 0 radical (unpaired) electrons. The van der Waals surface area contributed by atoms with E-state index in [1.54, 1.807) is 31.4 Å². The third kappa shape index (κ3) is 4.93. The van der Waals surface area contributed by atoms with Crippen LogP contribution in [0.25, 0.3) is 0 Å². The average Bonchev–Trinajstić information content (AvgIpc) is 2.69. The smallest absolute Gasteiger partial charge is 0.243 e. The highest BCUT2D eigenvalue weighted by molar-refractivity contribution is 7.89. The molecule has 0 unspecified atom stereocenters. The van der Waals surface area contributed by atoms with Crippen molar-refractivity contribution in [3.05, 3.63) is 53.6 Å². The van der Waals surface area contributed by atoms with Crippen molar-refractivity contribution in [3.8, 4) is 5.75 Å². The Balaban J connectivity index is 1.62. The van der Waals surface area contributed by atoms with Crippen LogP contribution in [0.15, 0.2) is 53.4 Å². The molecule has 6 nitrogen and oxygen atoms in total. The van der Waals surface area contributed by atoms with Gasteiger partial charge in [0.1, 0.15) is 12.4 Å². The topological polar surface area (TPSA) is 59.1 Å². The summed E-state index contributed by atoms with van der Waals surface area (Å²) in [5.74, 6) is 0.622. The predicted octanol–water partition coefficient (Wildman–Crippen LogP) is 2.88. The van der Waals surface area contributed by atoms with E-state index in [0.29, 0.717) is 50.2 Å². The molecule has 0 saturated carbocycles. The van der Waals surface area contributed by atoms with Crippen LogP contribution in [0.3, 0.4) is 0 Å². The van der Waals surface area contributed by atoms with E-state index < -0.39 is 10.0 Å². The molecule has 0 aromatic heterocycles. The van der Waals surface area contributed by atoms with Gasteiger partial charge in [0.05, 0.1) is 11.5 Å². The molecule has 1 fully saturated rings. The number of ether oxygens (including phenoxy) is 2. The number of methoxy groups -OCH3 is 1. The summed E-state index contributed by atoms with van der Waals surface area (Å²) in [6, 6.07) is 14.1. The minimum atomic E-state index is -3.52. The highest BCUT2D eigenvalue weighted by Crippen LogP contribution is 2.24. The van der Waals surface area contributed by atoms with Crippen molar-refractivity contribution in [1.82, 2.24) is 4.31 Å². The Morgan fingerprint density at radius 3 is 2.33 bits per heavy atom. The maximum absolute atomic E-state index is 12.9. The fourth-order valence-corrected chi connectivity index (χ4v) is 4.57. The first-order chi connectivity index (χ1) is 13.0. The largest absolute Gasteiger partial charge is 0.491 e. The second kappa shape index (κ2) is 8.93. The Labute approximate surface area is 165 Å². The fraction of sp³-hybridized carbons (Fsp3) is 0.368. The Bertz CT molecular complexity index is 850. The fourth-order valence-electron chi connectivity index (χ4n) is 2.96. The van der Waals surface area contributed by atoms with Crippen LogP contribution in [0.5, 0.6) is 5.75 Å². The highest BCUT2D eigenvalue weighted by atomic mass is 35.5. The molecule has 1 aliphatic rings. The van der Waals surface area contributed by atoms with E-state index >= 15 is 0 Å². The SMILES string of the molecule is COCCOc1ccc(S(=O)(=O)N2CCN(c3cccc(Cl)c3)CC2)cc1. The summed E-state index contributed by atoms with van der Waals surface area (Å²) in [6.07, 6.45) is 0. The van der Waals surface area contributed by atoms with Gasteiger partial charge >= 0.3 is 0 Å². The van der Waals surface area contributed by atoms with Crippen molar-refractivity contribution < 1.29 is 17.9 Å². The summed E-state index contributed by atoms with van der Waals surface area (Å²) in [6.45, 7) is 3.02. The van der Waals surface area contributed by atoms with E-state index in [-0.39, 0.29) is 4.90 Å². The lowest BCUT2D eigenvalue weighted by molar-refractivity contribution is 0.146. The van der Waals surface area contributed by atoms with E-state index in [1.807, 2.05) is 24.3 Å². The number of hydrogen-bond donors (Lipinski definition) is 0. The first-order valence-electron chi connectivity index (χ1n) is 8.73. The van der Waals surface area contributed by atoms with Crippen LogP contribution in [0, 0.1) is 0 Å². The molecule has 0 bridgehead atoms. The second-order valence-electron chi connectivity index (χ2n) is 6.18. The van der Waals surface area contributed by atoms with Gasteiger partial charge in [0, 0.05) is 44.0 Å². The Morgan fingerprint density at radius 1 is 1.00 bits per heavy atom. The maximum Gasteiger partial charge on any atom is 0.243 e. The normalized spacial score (nSPS) is 15.7. The number of piperazine rings is 1. The zero-order chi connectivity index (χ0) is 19.3. The summed E-state index contributed by atoms with van der Waals surface area (Å²) in [5, 5.41) is 0.676. The molecule has 27 heavy (non-hydrogen) atoms. The molecule has 3 rings (SSSR count). The van der Waals surface area contributed by atoms with Gasteiger partial charge in [-0.2, -0.15) is 4.31 Å². The van der Waals surface area contributed by atoms with E-state index in [1.165, 1.54) is 4.31 Å². The minimum absolute atomic E-state index is 0.276. The molecule has 146 valence electrons. The Morgan fingerprint density at radius 2 is 1.70 bits per heavy atom. The molecule has 8 heteroatoms. The number of sulfonamides is 1. The summed E-state index contributed by atoms with van der Waals surface area (Å²) < 4.78 is 37.7. The van der Waals surface area contributed by atoms with Gasteiger partial charge in [0.2, 0.25) is 10.0 Å². The molecular weight excluding hydrogens is 388 g/mol. The van der Waals surface area contributed by atoms with E-state index in [0.717, 1.165) is 5.69 Å². The average molecular weight is 411 g/mol. The van der Waals surface area contributed by atoms with Gasteiger partial charge in [0.15, 0.2) is 0 Å². The predicted molar refractivity (Wildman–Crippen MR) is 106 cm³/mol. The minimum Gasteiger partial charge on any atom is -0.491 e. The van der Waals surface area contributed by atoms with Crippen molar-refractivity contribution in [2.75, 3.05) is 51.4 Å². The lowest BCUT2D eigenvalue weighted by Crippen LogP contribution is -2.48. The van der Waals surface area contributed by atoms with Crippen molar-refractivity contribution in [2.24, 2.45) is 0 Å². The lowest BCUT2D eigenvalue weighted by Gasteiger charge is -2.35. The number of halogens is 1. The summed E-state index contributed by atoms with van der Waals surface area (Å²) >= 11 is 6.05. The third-order valence-electron chi connectivity index (χ3n) is 4.43. The first kappa shape index (κ1) is 19.9. The summed E-state index contributed by atoms with van der Waals surface area (Å²) in [7, 11) is -1.92. The van der Waals surface area contributed by atoms with Crippen molar-refractivity contribution in [1.29, 1.82) is 0 Å². The molecule has 0 N–H and O–H groups in total. The molecule has 0 amide bonds.